The summed E-state index contributed by atoms with van der Waals surface area (Å²) in [5.41, 5.74) is 1.61. The minimum Gasteiger partial charge on any atom is -0.350 e. The van der Waals surface area contributed by atoms with Gasteiger partial charge in [0.15, 0.2) is 0 Å². The Kier molecular flexibility index (Phi) is 3.75. The van der Waals surface area contributed by atoms with Gasteiger partial charge in [0.25, 0.3) is 0 Å². The Hall–Kier alpha value is -0.990. The number of amides is 1. The molecule has 0 aromatic heterocycles. The lowest BCUT2D eigenvalue weighted by Crippen LogP contribution is -2.23. The minimum atomic E-state index is -0.0685. The van der Waals surface area contributed by atoms with Crippen molar-refractivity contribution in [2.75, 3.05) is 0 Å². The van der Waals surface area contributed by atoms with E-state index in [9.17, 15) is 4.79 Å². The average Bonchev–Trinajstić information content (AvgIpc) is 3.05. The van der Waals surface area contributed by atoms with Crippen LogP contribution in [-0.4, -0.2) is 11.9 Å². The quantitative estimate of drug-likeness (QED) is 0.834. The molecule has 0 radical (unpaired) electrons. The van der Waals surface area contributed by atoms with E-state index in [1.807, 2.05) is 19.1 Å². The predicted molar refractivity (Wildman–Crippen MR) is 71.3 cm³/mol. The monoisotopic (exact) mass is 269 g/mol. The normalized spacial score (nSPS) is 15.8. The second-order valence-electron chi connectivity index (χ2n) is 4.21. The largest absolute Gasteiger partial charge is 0.350 e. The van der Waals surface area contributed by atoms with Crippen LogP contribution in [0, 0.1) is 0 Å². The van der Waals surface area contributed by atoms with Gasteiger partial charge in [0.05, 0.1) is 10.0 Å². The van der Waals surface area contributed by atoms with E-state index in [0.29, 0.717) is 16.1 Å². The molecule has 0 spiro atoms. The SMILES string of the molecule is C/C(=C\C(=O)NC1CC1)c1cccc(Cl)c1Cl. The molecule has 0 atom stereocenters. The Balaban J connectivity index is 2.17. The van der Waals surface area contributed by atoms with Crippen LogP contribution in [0.15, 0.2) is 24.3 Å². The highest BCUT2D eigenvalue weighted by atomic mass is 35.5. The van der Waals surface area contributed by atoms with Gasteiger partial charge in [-0.3, -0.25) is 4.79 Å². The van der Waals surface area contributed by atoms with Gasteiger partial charge in [-0.25, -0.2) is 0 Å². The summed E-state index contributed by atoms with van der Waals surface area (Å²) in [7, 11) is 0. The summed E-state index contributed by atoms with van der Waals surface area (Å²) in [6, 6.07) is 5.76. The first-order chi connectivity index (χ1) is 8.08. The Morgan fingerprint density at radius 1 is 1.41 bits per heavy atom. The van der Waals surface area contributed by atoms with Gasteiger partial charge >= 0.3 is 0 Å². The van der Waals surface area contributed by atoms with Crippen LogP contribution >= 0.6 is 23.2 Å². The van der Waals surface area contributed by atoms with Gasteiger partial charge < -0.3 is 5.32 Å². The standard InChI is InChI=1S/C13H13Cl2NO/c1-8(7-12(17)16-9-5-6-9)10-3-2-4-11(14)13(10)15/h2-4,7,9H,5-6H2,1H3,(H,16,17)/b8-7+. The number of benzene rings is 1. The highest BCUT2D eigenvalue weighted by Gasteiger charge is 2.22. The number of hydrogen-bond acceptors (Lipinski definition) is 1. The third-order valence-corrected chi connectivity index (χ3v) is 3.47. The third kappa shape index (κ3) is 3.24. The highest BCUT2D eigenvalue weighted by molar-refractivity contribution is 6.43. The third-order valence-electron chi connectivity index (χ3n) is 2.65. The van der Waals surface area contributed by atoms with Crippen LogP contribution in [0.3, 0.4) is 0 Å². The molecule has 1 N–H and O–H groups in total. The molecular formula is C13H13Cl2NO. The average molecular weight is 270 g/mol. The van der Waals surface area contributed by atoms with Crippen molar-refractivity contribution in [3.8, 4) is 0 Å². The first-order valence-electron chi connectivity index (χ1n) is 5.51. The number of hydrogen-bond donors (Lipinski definition) is 1. The smallest absolute Gasteiger partial charge is 0.244 e. The topological polar surface area (TPSA) is 29.1 Å². The summed E-state index contributed by atoms with van der Waals surface area (Å²) in [5.74, 6) is -0.0685. The van der Waals surface area contributed by atoms with E-state index in [1.165, 1.54) is 0 Å². The van der Waals surface area contributed by atoms with E-state index in [2.05, 4.69) is 5.32 Å². The number of carbonyl (C=O) groups excluding carboxylic acids is 1. The van der Waals surface area contributed by atoms with Gasteiger partial charge in [0.2, 0.25) is 5.91 Å². The van der Waals surface area contributed by atoms with Crippen LogP contribution in [0.1, 0.15) is 25.3 Å². The molecule has 4 heteroatoms. The molecule has 1 fully saturated rings. The summed E-state index contributed by atoms with van der Waals surface area (Å²) in [6.45, 7) is 1.85. The highest BCUT2D eigenvalue weighted by Crippen LogP contribution is 2.30. The zero-order valence-electron chi connectivity index (χ0n) is 9.47. The maximum Gasteiger partial charge on any atom is 0.244 e. The second kappa shape index (κ2) is 5.11. The van der Waals surface area contributed by atoms with Crippen LogP contribution in [0.25, 0.3) is 5.57 Å². The van der Waals surface area contributed by atoms with Crippen LogP contribution in [0.5, 0.6) is 0 Å². The lowest BCUT2D eigenvalue weighted by molar-refractivity contribution is -0.116. The Labute approximate surface area is 111 Å². The van der Waals surface area contributed by atoms with Crippen LogP contribution in [0.4, 0.5) is 0 Å². The summed E-state index contributed by atoms with van der Waals surface area (Å²) in [6.07, 6.45) is 3.73. The summed E-state index contributed by atoms with van der Waals surface area (Å²) < 4.78 is 0. The predicted octanol–water partition coefficient (Wildman–Crippen LogP) is 3.68. The molecule has 1 saturated carbocycles. The molecule has 0 aliphatic heterocycles. The van der Waals surface area contributed by atoms with E-state index >= 15 is 0 Å². The molecule has 1 aliphatic rings. The maximum atomic E-state index is 11.6. The van der Waals surface area contributed by atoms with E-state index in [4.69, 9.17) is 23.2 Å². The van der Waals surface area contributed by atoms with Crippen molar-refractivity contribution in [2.45, 2.75) is 25.8 Å². The van der Waals surface area contributed by atoms with Gasteiger partial charge in [0.1, 0.15) is 0 Å². The van der Waals surface area contributed by atoms with Crippen molar-refractivity contribution in [3.05, 3.63) is 39.9 Å². The molecule has 90 valence electrons. The summed E-state index contributed by atoms with van der Waals surface area (Å²) in [5, 5.41) is 3.88. The van der Waals surface area contributed by atoms with Crippen molar-refractivity contribution in [1.29, 1.82) is 0 Å². The Morgan fingerprint density at radius 2 is 2.12 bits per heavy atom. The molecule has 1 aromatic rings. The van der Waals surface area contributed by atoms with Crippen molar-refractivity contribution in [3.63, 3.8) is 0 Å². The molecule has 1 amide bonds. The molecule has 1 aromatic carbocycles. The second-order valence-corrected chi connectivity index (χ2v) is 5.00. The van der Waals surface area contributed by atoms with E-state index < -0.39 is 0 Å². The first kappa shape index (κ1) is 12.5. The number of rotatable bonds is 3. The molecule has 2 nitrogen and oxygen atoms in total. The molecule has 1 aliphatic carbocycles. The number of allylic oxidation sites excluding steroid dienone is 1. The van der Waals surface area contributed by atoms with Crippen LogP contribution in [-0.2, 0) is 4.79 Å². The van der Waals surface area contributed by atoms with E-state index in [-0.39, 0.29) is 5.91 Å². The fourth-order valence-corrected chi connectivity index (χ4v) is 2.00. The van der Waals surface area contributed by atoms with Crippen molar-refractivity contribution >= 4 is 34.7 Å². The molecule has 0 bridgehead atoms. The lowest BCUT2D eigenvalue weighted by atomic mass is 10.1. The fourth-order valence-electron chi connectivity index (χ4n) is 1.55. The maximum absolute atomic E-state index is 11.6. The summed E-state index contributed by atoms with van der Waals surface area (Å²) in [4.78, 5) is 11.6. The Morgan fingerprint density at radius 3 is 2.76 bits per heavy atom. The molecule has 0 unspecified atom stereocenters. The zero-order chi connectivity index (χ0) is 12.4. The van der Waals surface area contributed by atoms with Gasteiger partial charge in [0, 0.05) is 12.1 Å². The number of carbonyl (C=O) groups is 1. The van der Waals surface area contributed by atoms with Crippen molar-refractivity contribution in [1.82, 2.24) is 5.32 Å². The molecule has 0 saturated heterocycles. The molecule has 0 heterocycles. The molecular weight excluding hydrogens is 257 g/mol. The van der Waals surface area contributed by atoms with Crippen molar-refractivity contribution < 1.29 is 4.79 Å². The molecule has 2 rings (SSSR count). The first-order valence-corrected chi connectivity index (χ1v) is 6.26. The minimum absolute atomic E-state index is 0.0685. The van der Waals surface area contributed by atoms with Gasteiger partial charge in [-0.15, -0.1) is 0 Å². The van der Waals surface area contributed by atoms with Gasteiger partial charge in [-0.2, -0.15) is 0 Å². The summed E-state index contributed by atoms with van der Waals surface area (Å²) >= 11 is 12.0. The van der Waals surface area contributed by atoms with Crippen LogP contribution in [0.2, 0.25) is 10.0 Å². The molecule has 17 heavy (non-hydrogen) atoms. The van der Waals surface area contributed by atoms with Gasteiger partial charge in [-0.05, 0) is 37.0 Å². The Bertz CT molecular complexity index is 478. The van der Waals surface area contributed by atoms with Crippen LogP contribution < -0.4 is 5.32 Å². The zero-order valence-corrected chi connectivity index (χ0v) is 11.0. The lowest BCUT2D eigenvalue weighted by Gasteiger charge is -2.06. The van der Waals surface area contributed by atoms with Gasteiger partial charge in [-0.1, -0.05) is 35.3 Å². The fraction of sp³-hybridized carbons (Fsp3) is 0.308. The number of nitrogens with one attached hydrogen (secondary N) is 1. The van der Waals surface area contributed by atoms with E-state index in [0.717, 1.165) is 24.0 Å². The number of halogens is 2. The van der Waals surface area contributed by atoms with Crippen molar-refractivity contribution in [2.24, 2.45) is 0 Å². The van der Waals surface area contributed by atoms with E-state index in [1.54, 1.807) is 12.1 Å².